The van der Waals surface area contributed by atoms with Crippen LogP contribution in [-0.4, -0.2) is 34.4 Å². The van der Waals surface area contributed by atoms with Gasteiger partial charge in [0, 0.05) is 24.3 Å². The second-order valence-electron chi connectivity index (χ2n) is 5.12. The maximum absolute atomic E-state index is 10.6. The summed E-state index contributed by atoms with van der Waals surface area (Å²) in [5, 5.41) is 14.7. The van der Waals surface area contributed by atoms with Crippen molar-refractivity contribution < 1.29 is 5.11 Å². The molecule has 0 amide bonds. The highest BCUT2D eigenvalue weighted by Crippen LogP contribution is 2.26. The maximum Gasteiger partial charge on any atom is 0.140 e. The molecule has 2 atom stereocenters. The Morgan fingerprint density at radius 2 is 1.95 bits per heavy atom. The summed E-state index contributed by atoms with van der Waals surface area (Å²) in [4.78, 5) is 4.46. The van der Waals surface area contributed by atoms with E-state index in [9.17, 15) is 5.11 Å². The van der Waals surface area contributed by atoms with E-state index in [1.54, 1.807) is 6.20 Å². The molecule has 0 fully saturated rings. The number of fused-ring (bicyclic) bond motifs is 1. The molecular formula is C17H19N3O. The van der Waals surface area contributed by atoms with Crippen molar-refractivity contribution >= 4 is 11.0 Å². The minimum atomic E-state index is -0.532. The Balaban J connectivity index is 2.11. The highest BCUT2D eigenvalue weighted by molar-refractivity contribution is 5.76. The Morgan fingerprint density at radius 1 is 1.14 bits per heavy atom. The van der Waals surface area contributed by atoms with E-state index in [0.29, 0.717) is 6.54 Å². The van der Waals surface area contributed by atoms with Gasteiger partial charge >= 0.3 is 0 Å². The van der Waals surface area contributed by atoms with Crippen LogP contribution in [0.1, 0.15) is 11.6 Å². The van der Waals surface area contributed by atoms with E-state index < -0.39 is 6.10 Å². The van der Waals surface area contributed by atoms with Crippen LogP contribution in [0.25, 0.3) is 11.0 Å². The molecule has 3 aromatic rings. The Morgan fingerprint density at radius 3 is 2.71 bits per heavy atom. The number of aliphatic hydroxyl groups excluding tert-OH is 1. The molecule has 108 valence electrons. The number of likely N-dealkylation sites (N-methyl/N-ethyl adjacent to an activating group) is 1. The second kappa shape index (κ2) is 6.08. The number of rotatable bonds is 5. The molecule has 2 unspecified atom stereocenters. The first-order valence-electron chi connectivity index (χ1n) is 7.10. The fourth-order valence-corrected chi connectivity index (χ4v) is 2.75. The quantitative estimate of drug-likeness (QED) is 0.754. The molecule has 0 saturated carbocycles. The summed E-state index contributed by atoms with van der Waals surface area (Å²) in [5.74, 6) is 0. The molecule has 1 aromatic carbocycles. The van der Waals surface area contributed by atoms with Gasteiger partial charge in [0.2, 0.25) is 0 Å². The summed E-state index contributed by atoms with van der Waals surface area (Å²) >= 11 is 0. The summed E-state index contributed by atoms with van der Waals surface area (Å²) < 4.78 is 2.05. The van der Waals surface area contributed by atoms with E-state index in [2.05, 4.69) is 10.3 Å². The Bertz CT molecular complexity index is 708. The third-order valence-corrected chi connectivity index (χ3v) is 3.69. The molecule has 0 aliphatic carbocycles. The van der Waals surface area contributed by atoms with Gasteiger partial charge in [-0.3, -0.25) is 0 Å². The van der Waals surface area contributed by atoms with Crippen molar-refractivity contribution in [2.24, 2.45) is 0 Å². The molecule has 0 aliphatic rings. The van der Waals surface area contributed by atoms with Gasteiger partial charge in [0.05, 0.1) is 12.1 Å². The molecule has 0 bridgehead atoms. The SMILES string of the molecule is CNCC(O)C(c1ccccc1)n1ccc2cccnc21. The Hall–Kier alpha value is -2.17. The molecule has 2 heterocycles. The number of pyridine rings is 1. The first-order chi connectivity index (χ1) is 10.3. The summed E-state index contributed by atoms with van der Waals surface area (Å²) in [7, 11) is 1.84. The molecule has 0 radical (unpaired) electrons. The number of nitrogens with one attached hydrogen (secondary N) is 1. The van der Waals surface area contributed by atoms with Crippen molar-refractivity contribution in [2.75, 3.05) is 13.6 Å². The topological polar surface area (TPSA) is 50.1 Å². The lowest BCUT2D eigenvalue weighted by Crippen LogP contribution is -2.33. The summed E-state index contributed by atoms with van der Waals surface area (Å²) in [5.41, 5.74) is 1.96. The van der Waals surface area contributed by atoms with Crippen LogP contribution >= 0.6 is 0 Å². The predicted molar refractivity (Wildman–Crippen MR) is 84.2 cm³/mol. The van der Waals surface area contributed by atoms with Crippen molar-refractivity contribution in [1.82, 2.24) is 14.9 Å². The lowest BCUT2D eigenvalue weighted by atomic mass is 10.0. The third kappa shape index (κ3) is 2.68. The Labute approximate surface area is 124 Å². The van der Waals surface area contributed by atoms with E-state index >= 15 is 0 Å². The first-order valence-corrected chi connectivity index (χ1v) is 7.10. The fourth-order valence-electron chi connectivity index (χ4n) is 2.75. The third-order valence-electron chi connectivity index (χ3n) is 3.69. The van der Waals surface area contributed by atoms with Gasteiger partial charge in [-0.2, -0.15) is 0 Å². The summed E-state index contributed by atoms with van der Waals surface area (Å²) in [6.45, 7) is 0.520. The fraction of sp³-hybridized carbons (Fsp3) is 0.235. The monoisotopic (exact) mass is 281 g/mol. The zero-order valence-corrected chi connectivity index (χ0v) is 12.0. The van der Waals surface area contributed by atoms with Crippen molar-refractivity contribution in [2.45, 2.75) is 12.1 Å². The number of aliphatic hydroxyl groups is 1. The minimum Gasteiger partial charge on any atom is -0.389 e. The van der Waals surface area contributed by atoms with Gasteiger partial charge in [-0.25, -0.2) is 4.98 Å². The van der Waals surface area contributed by atoms with Crippen LogP contribution in [0.5, 0.6) is 0 Å². The number of nitrogens with zero attached hydrogens (tertiary/aromatic N) is 2. The number of hydrogen-bond donors (Lipinski definition) is 2. The predicted octanol–water partition coefficient (Wildman–Crippen LogP) is 2.21. The van der Waals surface area contributed by atoms with Gasteiger partial charge in [0.25, 0.3) is 0 Å². The van der Waals surface area contributed by atoms with Crippen LogP contribution in [-0.2, 0) is 0 Å². The van der Waals surface area contributed by atoms with Crippen LogP contribution in [0.15, 0.2) is 60.9 Å². The normalized spacial score (nSPS) is 14.2. The van der Waals surface area contributed by atoms with Gasteiger partial charge in [0.1, 0.15) is 5.65 Å². The van der Waals surface area contributed by atoms with Crippen LogP contribution in [0.4, 0.5) is 0 Å². The number of benzene rings is 1. The van der Waals surface area contributed by atoms with Crippen LogP contribution < -0.4 is 5.32 Å². The van der Waals surface area contributed by atoms with Crippen molar-refractivity contribution in [3.8, 4) is 0 Å². The van der Waals surface area contributed by atoms with E-state index in [-0.39, 0.29) is 6.04 Å². The molecule has 3 rings (SSSR count). The van der Waals surface area contributed by atoms with Gasteiger partial charge in [0.15, 0.2) is 0 Å². The lowest BCUT2D eigenvalue weighted by molar-refractivity contribution is 0.132. The largest absolute Gasteiger partial charge is 0.389 e. The highest BCUT2D eigenvalue weighted by atomic mass is 16.3. The van der Waals surface area contributed by atoms with Gasteiger partial charge in [-0.05, 0) is 30.8 Å². The van der Waals surface area contributed by atoms with Gasteiger partial charge < -0.3 is 15.0 Å². The second-order valence-corrected chi connectivity index (χ2v) is 5.12. The highest BCUT2D eigenvalue weighted by Gasteiger charge is 2.23. The van der Waals surface area contributed by atoms with Gasteiger partial charge in [-0.15, -0.1) is 0 Å². The summed E-state index contributed by atoms with van der Waals surface area (Å²) in [6.07, 6.45) is 3.24. The number of aromatic nitrogens is 2. The number of hydrogen-bond acceptors (Lipinski definition) is 3. The van der Waals surface area contributed by atoms with E-state index in [0.717, 1.165) is 16.6 Å². The van der Waals surface area contributed by atoms with Crippen molar-refractivity contribution in [3.63, 3.8) is 0 Å². The average Bonchev–Trinajstić information content (AvgIpc) is 2.93. The van der Waals surface area contributed by atoms with Crippen LogP contribution in [0.3, 0.4) is 0 Å². The maximum atomic E-state index is 10.6. The molecular weight excluding hydrogens is 262 g/mol. The van der Waals surface area contributed by atoms with Crippen molar-refractivity contribution in [3.05, 3.63) is 66.5 Å². The van der Waals surface area contributed by atoms with Crippen LogP contribution in [0, 0.1) is 0 Å². The minimum absolute atomic E-state index is 0.161. The zero-order valence-electron chi connectivity index (χ0n) is 12.0. The summed E-state index contributed by atoms with van der Waals surface area (Å²) in [6, 6.07) is 15.9. The molecule has 21 heavy (non-hydrogen) atoms. The van der Waals surface area contributed by atoms with E-state index in [4.69, 9.17) is 0 Å². The molecule has 2 aromatic heterocycles. The van der Waals surface area contributed by atoms with Crippen molar-refractivity contribution in [1.29, 1.82) is 0 Å². The molecule has 0 spiro atoms. The van der Waals surface area contributed by atoms with Crippen LogP contribution in [0.2, 0.25) is 0 Å². The molecule has 4 nitrogen and oxygen atoms in total. The Kier molecular flexibility index (Phi) is 3.99. The first kappa shape index (κ1) is 13.8. The smallest absolute Gasteiger partial charge is 0.140 e. The van der Waals surface area contributed by atoms with E-state index in [1.807, 2.05) is 66.3 Å². The average molecular weight is 281 g/mol. The lowest BCUT2D eigenvalue weighted by Gasteiger charge is -2.25. The molecule has 0 saturated heterocycles. The standard InChI is InChI=1S/C17H19N3O/c1-18-12-15(21)16(13-6-3-2-4-7-13)20-11-9-14-8-5-10-19-17(14)20/h2-11,15-16,18,21H,12H2,1H3. The molecule has 0 aliphatic heterocycles. The molecule has 4 heteroatoms. The van der Waals surface area contributed by atoms with E-state index in [1.165, 1.54) is 0 Å². The zero-order chi connectivity index (χ0) is 14.7. The molecule has 2 N–H and O–H groups in total. The van der Waals surface area contributed by atoms with Gasteiger partial charge in [-0.1, -0.05) is 30.3 Å².